The Labute approximate surface area is 96.3 Å². The molecular weight excluding hydrogens is 299 g/mol. The van der Waals surface area contributed by atoms with Gasteiger partial charge in [0.15, 0.2) is 0 Å². The lowest BCUT2D eigenvalue weighted by atomic mass is 10.2. The van der Waals surface area contributed by atoms with Crippen molar-refractivity contribution in [1.82, 2.24) is 0 Å². The largest absolute Gasteiger partial charge is 0.488 e. The normalized spacial score (nSPS) is 11.9. The smallest absolute Gasteiger partial charge is 0.417 e. The van der Waals surface area contributed by atoms with Crippen molar-refractivity contribution in [2.75, 3.05) is 6.61 Å². The first-order chi connectivity index (χ1) is 7.30. The molecular formula is C9H6BrF5O. The van der Waals surface area contributed by atoms with E-state index in [1.165, 1.54) is 6.07 Å². The van der Waals surface area contributed by atoms with E-state index >= 15 is 0 Å². The summed E-state index contributed by atoms with van der Waals surface area (Å²) in [5, 5.41) is 0. The van der Waals surface area contributed by atoms with Crippen molar-refractivity contribution >= 4 is 15.9 Å². The maximum absolute atomic E-state index is 12.4. The highest BCUT2D eigenvalue weighted by Crippen LogP contribution is 2.36. The Balaban J connectivity index is 2.90. The molecule has 0 N–H and O–H groups in total. The van der Waals surface area contributed by atoms with Gasteiger partial charge in [-0.15, -0.1) is 0 Å². The van der Waals surface area contributed by atoms with E-state index in [-0.39, 0.29) is 10.2 Å². The first-order valence-electron chi connectivity index (χ1n) is 4.08. The molecule has 0 aliphatic heterocycles. The van der Waals surface area contributed by atoms with Crippen molar-refractivity contribution in [3.8, 4) is 5.75 Å². The fourth-order valence-electron chi connectivity index (χ4n) is 0.971. The van der Waals surface area contributed by atoms with Gasteiger partial charge in [-0.25, -0.2) is 8.78 Å². The van der Waals surface area contributed by atoms with Crippen LogP contribution in [0, 0.1) is 0 Å². The zero-order valence-electron chi connectivity index (χ0n) is 7.69. The number of benzene rings is 1. The number of hydrogen-bond acceptors (Lipinski definition) is 1. The predicted octanol–water partition coefficient (Wildman–Crippen LogP) is 4.11. The topological polar surface area (TPSA) is 9.23 Å². The molecule has 0 saturated carbocycles. The van der Waals surface area contributed by atoms with E-state index in [4.69, 9.17) is 0 Å². The molecule has 0 aliphatic carbocycles. The molecule has 0 atom stereocenters. The monoisotopic (exact) mass is 304 g/mol. The zero-order chi connectivity index (χ0) is 12.3. The van der Waals surface area contributed by atoms with E-state index in [9.17, 15) is 22.0 Å². The van der Waals surface area contributed by atoms with Crippen molar-refractivity contribution in [3.63, 3.8) is 0 Å². The summed E-state index contributed by atoms with van der Waals surface area (Å²) in [4.78, 5) is 0. The van der Waals surface area contributed by atoms with Crippen molar-refractivity contribution in [1.29, 1.82) is 0 Å². The molecule has 16 heavy (non-hydrogen) atoms. The SMILES string of the molecule is FC(F)COc1ccc(Br)c(C(F)(F)F)c1. The van der Waals surface area contributed by atoms with Gasteiger partial charge in [0.2, 0.25) is 0 Å². The fraction of sp³-hybridized carbons (Fsp3) is 0.333. The molecule has 0 aromatic heterocycles. The molecule has 7 heteroatoms. The molecule has 0 aliphatic rings. The van der Waals surface area contributed by atoms with E-state index in [1.54, 1.807) is 0 Å². The highest BCUT2D eigenvalue weighted by atomic mass is 79.9. The summed E-state index contributed by atoms with van der Waals surface area (Å²) >= 11 is 2.72. The average molecular weight is 305 g/mol. The molecule has 0 spiro atoms. The maximum atomic E-state index is 12.4. The van der Waals surface area contributed by atoms with E-state index in [1.807, 2.05) is 0 Å². The van der Waals surface area contributed by atoms with Gasteiger partial charge in [-0.3, -0.25) is 0 Å². The van der Waals surface area contributed by atoms with Gasteiger partial charge in [0.1, 0.15) is 12.4 Å². The Morgan fingerprint density at radius 1 is 1.25 bits per heavy atom. The lowest BCUT2D eigenvalue weighted by molar-refractivity contribution is -0.138. The van der Waals surface area contributed by atoms with Crippen molar-refractivity contribution in [2.24, 2.45) is 0 Å². The van der Waals surface area contributed by atoms with Gasteiger partial charge in [-0.1, -0.05) is 15.9 Å². The Bertz CT molecular complexity index is 363. The maximum Gasteiger partial charge on any atom is 0.417 e. The van der Waals surface area contributed by atoms with E-state index in [0.29, 0.717) is 6.07 Å². The molecule has 90 valence electrons. The van der Waals surface area contributed by atoms with Crippen LogP contribution in [0.4, 0.5) is 22.0 Å². The lowest BCUT2D eigenvalue weighted by Crippen LogP contribution is -2.09. The minimum Gasteiger partial charge on any atom is -0.488 e. The van der Waals surface area contributed by atoms with Gasteiger partial charge in [-0.2, -0.15) is 13.2 Å². The number of alkyl halides is 5. The van der Waals surface area contributed by atoms with E-state index < -0.39 is 24.8 Å². The second kappa shape index (κ2) is 4.99. The van der Waals surface area contributed by atoms with Crippen LogP contribution < -0.4 is 4.74 Å². The minimum absolute atomic E-state index is 0.163. The summed E-state index contributed by atoms with van der Waals surface area (Å²) in [6, 6.07) is 2.96. The second-order valence-electron chi connectivity index (χ2n) is 2.84. The molecule has 0 heterocycles. The van der Waals surface area contributed by atoms with Gasteiger partial charge < -0.3 is 4.74 Å². The molecule has 0 saturated heterocycles. The van der Waals surface area contributed by atoms with Crippen molar-refractivity contribution in [2.45, 2.75) is 12.6 Å². The number of rotatable bonds is 3. The highest BCUT2D eigenvalue weighted by Gasteiger charge is 2.33. The molecule has 1 aromatic carbocycles. The van der Waals surface area contributed by atoms with Crippen LogP contribution in [0.25, 0.3) is 0 Å². The molecule has 0 fully saturated rings. The van der Waals surface area contributed by atoms with Crippen molar-refractivity contribution in [3.05, 3.63) is 28.2 Å². The van der Waals surface area contributed by atoms with Crippen LogP contribution in [0.3, 0.4) is 0 Å². The highest BCUT2D eigenvalue weighted by molar-refractivity contribution is 9.10. The molecule has 0 radical (unpaired) electrons. The molecule has 0 amide bonds. The molecule has 1 rings (SSSR count). The zero-order valence-corrected chi connectivity index (χ0v) is 9.28. The number of ether oxygens (including phenoxy) is 1. The van der Waals surface area contributed by atoms with Crippen LogP contribution in [0.1, 0.15) is 5.56 Å². The molecule has 0 bridgehead atoms. The van der Waals surface area contributed by atoms with Crippen LogP contribution in [0.5, 0.6) is 5.75 Å². The van der Waals surface area contributed by atoms with E-state index in [2.05, 4.69) is 20.7 Å². The van der Waals surface area contributed by atoms with Crippen LogP contribution in [-0.4, -0.2) is 13.0 Å². The Morgan fingerprint density at radius 3 is 2.38 bits per heavy atom. The third-order valence-electron chi connectivity index (χ3n) is 1.62. The van der Waals surface area contributed by atoms with Gasteiger partial charge in [-0.05, 0) is 18.2 Å². The Kier molecular flexibility index (Phi) is 4.12. The first kappa shape index (κ1) is 13.2. The molecule has 1 aromatic rings. The summed E-state index contributed by atoms with van der Waals surface area (Å²) < 4.78 is 65.1. The Morgan fingerprint density at radius 2 is 1.88 bits per heavy atom. The van der Waals surface area contributed by atoms with Crippen LogP contribution in [0.15, 0.2) is 22.7 Å². The van der Waals surface area contributed by atoms with Gasteiger partial charge in [0, 0.05) is 4.47 Å². The Hall–Kier alpha value is -0.850. The van der Waals surface area contributed by atoms with Gasteiger partial charge >= 0.3 is 6.18 Å². The summed E-state index contributed by atoms with van der Waals surface area (Å²) in [7, 11) is 0. The third kappa shape index (κ3) is 3.62. The lowest BCUT2D eigenvalue weighted by Gasteiger charge is -2.11. The predicted molar refractivity (Wildman–Crippen MR) is 50.6 cm³/mol. The summed E-state index contributed by atoms with van der Waals surface area (Å²) in [5.41, 5.74) is -0.959. The van der Waals surface area contributed by atoms with Gasteiger partial charge in [0.05, 0.1) is 5.56 Å². The third-order valence-corrected chi connectivity index (χ3v) is 2.31. The van der Waals surface area contributed by atoms with Crippen molar-refractivity contribution < 1.29 is 26.7 Å². The minimum atomic E-state index is -4.55. The summed E-state index contributed by atoms with van der Waals surface area (Å²) in [6.45, 7) is -0.932. The van der Waals surface area contributed by atoms with Crippen LogP contribution in [0.2, 0.25) is 0 Å². The summed E-state index contributed by atoms with van der Waals surface area (Å²) in [5.74, 6) is -0.240. The fourth-order valence-corrected chi connectivity index (χ4v) is 1.44. The van der Waals surface area contributed by atoms with Gasteiger partial charge in [0.25, 0.3) is 6.43 Å². The molecule has 0 unspecified atom stereocenters. The van der Waals surface area contributed by atoms with Crippen LogP contribution in [-0.2, 0) is 6.18 Å². The number of hydrogen-bond donors (Lipinski definition) is 0. The second-order valence-corrected chi connectivity index (χ2v) is 3.70. The quantitative estimate of drug-likeness (QED) is 0.764. The average Bonchev–Trinajstić information content (AvgIpc) is 2.14. The van der Waals surface area contributed by atoms with Crippen LogP contribution >= 0.6 is 15.9 Å². The first-order valence-corrected chi connectivity index (χ1v) is 4.87. The van der Waals surface area contributed by atoms with E-state index in [0.717, 1.165) is 6.07 Å². The standard InChI is InChI=1S/C9H6BrF5O/c10-7-2-1-5(16-4-8(11)12)3-6(7)9(13,14)15/h1-3,8H,4H2. The number of halogens is 6. The summed E-state index contributed by atoms with van der Waals surface area (Å²) in [6.07, 6.45) is -7.28. The molecule has 1 nitrogen and oxygen atoms in total.